The average Bonchev–Trinajstić information content (AvgIpc) is 2.19. The van der Waals surface area contributed by atoms with Gasteiger partial charge in [0.05, 0.1) is 19.3 Å². The number of hydrogen-bond acceptors (Lipinski definition) is 4. The van der Waals surface area contributed by atoms with Crippen LogP contribution in [-0.2, 0) is 9.47 Å². The molecule has 1 rings (SSSR count). The first-order valence-corrected chi connectivity index (χ1v) is 5.64. The zero-order chi connectivity index (χ0) is 11.1. The molecular formula is C11H23NO3. The van der Waals surface area contributed by atoms with E-state index in [2.05, 4.69) is 4.90 Å². The molecule has 1 N–H and O–H groups in total. The van der Waals surface area contributed by atoms with E-state index in [0.29, 0.717) is 19.1 Å². The Bertz CT molecular complexity index is 162. The van der Waals surface area contributed by atoms with Gasteiger partial charge in [-0.15, -0.1) is 0 Å². The predicted molar refractivity (Wildman–Crippen MR) is 58.9 cm³/mol. The number of piperidine rings is 1. The number of hydrogen-bond donors (Lipinski definition) is 1. The molecule has 0 aromatic rings. The summed E-state index contributed by atoms with van der Waals surface area (Å²) in [7, 11) is 3.37. The van der Waals surface area contributed by atoms with E-state index in [1.165, 1.54) is 12.8 Å². The molecule has 0 saturated carbocycles. The van der Waals surface area contributed by atoms with Crippen LogP contribution >= 0.6 is 0 Å². The van der Waals surface area contributed by atoms with Crippen molar-refractivity contribution >= 4 is 0 Å². The molecule has 1 fully saturated rings. The van der Waals surface area contributed by atoms with Crippen LogP contribution in [0.5, 0.6) is 0 Å². The first kappa shape index (κ1) is 12.9. The van der Waals surface area contributed by atoms with Crippen molar-refractivity contribution in [2.24, 2.45) is 5.92 Å². The van der Waals surface area contributed by atoms with E-state index >= 15 is 0 Å². The minimum absolute atomic E-state index is 0.365. The van der Waals surface area contributed by atoms with Crippen LogP contribution in [0.4, 0.5) is 0 Å². The lowest BCUT2D eigenvalue weighted by Crippen LogP contribution is -2.42. The molecule has 0 aromatic heterocycles. The third-order valence-electron chi connectivity index (χ3n) is 2.83. The maximum absolute atomic E-state index is 9.62. The highest BCUT2D eigenvalue weighted by Crippen LogP contribution is 2.16. The van der Waals surface area contributed by atoms with Crippen LogP contribution in [0, 0.1) is 5.92 Å². The van der Waals surface area contributed by atoms with Crippen LogP contribution in [0.2, 0.25) is 0 Å². The van der Waals surface area contributed by atoms with E-state index in [1.54, 1.807) is 14.2 Å². The van der Waals surface area contributed by atoms with Gasteiger partial charge in [-0.3, -0.25) is 0 Å². The van der Waals surface area contributed by atoms with Gasteiger partial charge in [-0.1, -0.05) is 0 Å². The second-order valence-corrected chi connectivity index (χ2v) is 4.33. The largest absolute Gasteiger partial charge is 0.389 e. The van der Waals surface area contributed by atoms with Gasteiger partial charge in [-0.25, -0.2) is 0 Å². The zero-order valence-electron chi connectivity index (χ0n) is 9.82. The van der Waals surface area contributed by atoms with Crippen LogP contribution in [0.15, 0.2) is 0 Å². The maximum atomic E-state index is 9.62. The number of aliphatic hydroxyl groups excluding tert-OH is 1. The molecule has 2 atom stereocenters. The Balaban J connectivity index is 2.23. The van der Waals surface area contributed by atoms with E-state index in [-0.39, 0.29) is 6.10 Å². The van der Waals surface area contributed by atoms with Crippen LogP contribution in [-0.4, -0.2) is 63.2 Å². The molecule has 1 aliphatic heterocycles. The number of β-amino-alcohol motifs (C(OH)–C–C–N with tert-alkyl or cyclic N) is 1. The lowest BCUT2D eigenvalue weighted by molar-refractivity contribution is 0.0186. The number of nitrogens with zero attached hydrogens (tertiary/aromatic N) is 1. The number of methoxy groups -OCH3 is 2. The van der Waals surface area contributed by atoms with E-state index in [4.69, 9.17) is 9.47 Å². The van der Waals surface area contributed by atoms with Crippen molar-refractivity contribution in [3.8, 4) is 0 Å². The fourth-order valence-electron chi connectivity index (χ4n) is 2.23. The van der Waals surface area contributed by atoms with Gasteiger partial charge in [-0.2, -0.15) is 0 Å². The van der Waals surface area contributed by atoms with E-state index in [0.717, 1.165) is 19.7 Å². The molecule has 1 heterocycles. The van der Waals surface area contributed by atoms with Crippen molar-refractivity contribution < 1.29 is 14.6 Å². The summed E-state index contributed by atoms with van der Waals surface area (Å²) in [5, 5.41) is 9.62. The summed E-state index contributed by atoms with van der Waals surface area (Å²) < 4.78 is 10.1. The SMILES string of the molecule is COCC(O)CN1CCCC(COC)C1. The van der Waals surface area contributed by atoms with Crippen LogP contribution in [0.3, 0.4) is 0 Å². The van der Waals surface area contributed by atoms with Crippen LogP contribution in [0.1, 0.15) is 12.8 Å². The molecule has 0 aromatic carbocycles. The number of likely N-dealkylation sites (tertiary alicyclic amines) is 1. The molecule has 1 saturated heterocycles. The average molecular weight is 217 g/mol. The Labute approximate surface area is 92.2 Å². The van der Waals surface area contributed by atoms with E-state index in [1.807, 2.05) is 0 Å². The first-order valence-electron chi connectivity index (χ1n) is 5.64. The maximum Gasteiger partial charge on any atom is 0.0900 e. The predicted octanol–water partition coefficient (Wildman–Crippen LogP) is 0.352. The Hall–Kier alpha value is -0.160. The molecule has 15 heavy (non-hydrogen) atoms. The molecular weight excluding hydrogens is 194 g/mol. The molecule has 0 aliphatic carbocycles. The van der Waals surface area contributed by atoms with Crippen molar-refractivity contribution in [2.75, 3.05) is 47.1 Å². The third kappa shape index (κ3) is 4.93. The highest BCUT2D eigenvalue weighted by atomic mass is 16.5. The number of rotatable bonds is 6. The van der Waals surface area contributed by atoms with Gasteiger partial charge in [0, 0.05) is 27.3 Å². The molecule has 0 bridgehead atoms. The smallest absolute Gasteiger partial charge is 0.0900 e. The fraction of sp³-hybridized carbons (Fsp3) is 1.00. The quantitative estimate of drug-likeness (QED) is 0.697. The zero-order valence-corrected chi connectivity index (χ0v) is 9.82. The van der Waals surface area contributed by atoms with E-state index in [9.17, 15) is 5.11 Å². The van der Waals surface area contributed by atoms with Crippen LogP contribution < -0.4 is 0 Å². The minimum Gasteiger partial charge on any atom is -0.389 e. The lowest BCUT2D eigenvalue weighted by Gasteiger charge is -2.33. The summed E-state index contributed by atoms with van der Waals surface area (Å²) >= 11 is 0. The molecule has 90 valence electrons. The van der Waals surface area contributed by atoms with Gasteiger partial charge in [0.2, 0.25) is 0 Å². The van der Waals surface area contributed by atoms with Gasteiger partial charge in [0.1, 0.15) is 0 Å². The van der Waals surface area contributed by atoms with Crippen molar-refractivity contribution in [2.45, 2.75) is 18.9 Å². The van der Waals surface area contributed by atoms with Crippen molar-refractivity contribution in [3.05, 3.63) is 0 Å². The Morgan fingerprint density at radius 1 is 1.40 bits per heavy atom. The highest BCUT2D eigenvalue weighted by molar-refractivity contribution is 4.74. The number of aliphatic hydroxyl groups is 1. The van der Waals surface area contributed by atoms with Gasteiger partial charge in [0.15, 0.2) is 0 Å². The van der Waals surface area contributed by atoms with Gasteiger partial charge >= 0.3 is 0 Å². The van der Waals surface area contributed by atoms with Crippen molar-refractivity contribution in [1.29, 1.82) is 0 Å². The monoisotopic (exact) mass is 217 g/mol. The topological polar surface area (TPSA) is 41.9 Å². The van der Waals surface area contributed by atoms with Gasteiger partial charge in [0.25, 0.3) is 0 Å². The second-order valence-electron chi connectivity index (χ2n) is 4.33. The minimum atomic E-state index is -0.365. The first-order chi connectivity index (χ1) is 7.26. The molecule has 4 heteroatoms. The van der Waals surface area contributed by atoms with E-state index < -0.39 is 0 Å². The normalized spacial score (nSPS) is 25.4. The summed E-state index contributed by atoms with van der Waals surface area (Å²) in [5.74, 6) is 0.624. The second kappa shape index (κ2) is 7.17. The summed E-state index contributed by atoms with van der Waals surface area (Å²) in [6, 6.07) is 0. The summed E-state index contributed by atoms with van der Waals surface area (Å²) in [6.07, 6.45) is 2.08. The summed E-state index contributed by atoms with van der Waals surface area (Å²) in [4.78, 5) is 2.30. The molecule has 0 spiro atoms. The third-order valence-corrected chi connectivity index (χ3v) is 2.83. The molecule has 0 amide bonds. The van der Waals surface area contributed by atoms with Gasteiger partial charge in [-0.05, 0) is 25.3 Å². The van der Waals surface area contributed by atoms with Crippen molar-refractivity contribution in [3.63, 3.8) is 0 Å². The van der Waals surface area contributed by atoms with Gasteiger partial charge < -0.3 is 19.5 Å². The number of ether oxygens (including phenoxy) is 2. The summed E-state index contributed by atoms with van der Waals surface area (Å²) in [6.45, 7) is 4.09. The highest BCUT2D eigenvalue weighted by Gasteiger charge is 2.21. The van der Waals surface area contributed by atoms with Crippen LogP contribution in [0.25, 0.3) is 0 Å². The fourth-order valence-corrected chi connectivity index (χ4v) is 2.23. The molecule has 4 nitrogen and oxygen atoms in total. The molecule has 2 unspecified atom stereocenters. The Morgan fingerprint density at radius 3 is 2.87 bits per heavy atom. The Kier molecular flexibility index (Phi) is 6.17. The van der Waals surface area contributed by atoms with Crippen molar-refractivity contribution in [1.82, 2.24) is 4.90 Å². The molecule has 0 radical (unpaired) electrons. The summed E-state index contributed by atoms with van der Waals surface area (Å²) in [5.41, 5.74) is 0. The molecule has 1 aliphatic rings. The standard InChI is InChI=1S/C11H23NO3/c1-14-8-10-4-3-5-12(6-10)7-11(13)9-15-2/h10-11,13H,3-9H2,1-2H3. The lowest BCUT2D eigenvalue weighted by atomic mass is 9.99. The Morgan fingerprint density at radius 2 is 2.20 bits per heavy atom.